The summed E-state index contributed by atoms with van der Waals surface area (Å²) in [6, 6.07) is 1.89. The Hall–Kier alpha value is -1.82. The van der Waals surface area contributed by atoms with Crippen molar-refractivity contribution in [1.82, 2.24) is 24.9 Å². The van der Waals surface area contributed by atoms with E-state index in [0.29, 0.717) is 17.3 Å². The maximum absolute atomic E-state index is 12.1. The first-order valence-corrected chi connectivity index (χ1v) is 5.96. The van der Waals surface area contributed by atoms with Crippen LogP contribution in [0, 0.1) is 0 Å². The van der Waals surface area contributed by atoms with E-state index in [1.807, 2.05) is 17.7 Å². The molecule has 7 heteroatoms. The molecule has 1 N–H and O–H groups in total. The fraction of sp³-hybridized carbons (Fsp3) is 0.364. The molecule has 0 saturated carbocycles. The summed E-state index contributed by atoms with van der Waals surface area (Å²) in [6.07, 6.45) is 3.14. The highest BCUT2D eigenvalue weighted by atomic mass is 35.5. The minimum absolute atomic E-state index is 0.193. The van der Waals surface area contributed by atoms with Crippen molar-refractivity contribution in [1.29, 1.82) is 0 Å². The number of aromatic amines is 1. The Morgan fingerprint density at radius 2 is 2.39 bits per heavy atom. The Morgan fingerprint density at radius 1 is 1.61 bits per heavy atom. The van der Waals surface area contributed by atoms with Gasteiger partial charge in [0, 0.05) is 19.8 Å². The average molecular weight is 268 g/mol. The predicted octanol–water partition coefficient (Wildman–Crippen LogP) is 1.55. The third-order valence-electron chi connectivity index (χ3n) is 2.66. The monoisotopic (exact) mass is 267 g/mol. The normalized spacial score (nSPS) is 10.6. The third-order valence-corrected chi connectivity index (χ3v) is 2.94. The number of aromatic nitrogens is 4. The van der Waals surface area contributed by atoms with E-state index < -0.39 is 0 Å². The number of H-pyrrole nitrogens is 1. The quantitative estimate of drug-likeness (QED) is 0.914. The molecule has 0 radical (unpaired) electrons. The summed E-state index contributed by atoms with van der Waals surface area (Å²) in [6.45, 7) is 3.25. The molecule has 0 aliphatic heterocycles. The van der Waals surface area contributed by atoms with E-state index in [9.17, 15) is 4.79 Å². The fourth-order valence-corrected chi connectivity index (χ4v) is 1.88. The van der Waals surface area contributed by atoms with Crippen molar-refractivity contribution < 1.29 is 4.79 Å². The molecule has 2 aromatic heterocycles. The number of carbonyl (C=O) groups is 1. The summed E-state index contributed by atoms with van der Waals surface area (Å²) in [7, 11) is 1.71. The van der Waals surface area contributed by atoms with Crippen LogP contribution in [-0.2, 0) is 13.1 Å². The molecule has 0 fully saturated rings. The van der Waals surface area contributed by atoms with Crippen LogP contribution in [0.5, 0.6) is 0 Å². The van der Waals surface area contributed by atoms with Crippen molar-refractivity contribution >= 4 is 17.5 Å². The number of rotatable bonds is 4. The smallest absolute Gasteiger partial charge is 0.273 e. The van der Waals surface area contributed by atoms with Gasteiger partial charge < -0.3 is 4.90 Å². The summed E-state index contributed by atoms with van der Waals surface area (Å²) >= 11 is 5.86. The van der Waals surface area contributed by atoms with Crippen LogP contribution in [-0.4, -0.2) is 37.8 Å². The molecule has 2 rings (SSSR count). The molecule has 1 amide bonds. The summed E-state index contributed by atoms with van der Waals surface area (Å²) in [4.78, 5) is 13.7. The molecule has 2 aromatic rings. The lowest BCUT2D eigenvalue weighted by atomic mass is 10.3. The van der Waals surface area contributed by atoms with Gasteiger partial charge in [-0.3, -0.25) is 14.6 Å². The van der Waals surface area contributed by atoms with E-state index in [4.69, 9.17) is 11.6 Å². The Morgan fingerprint density at radius 3 is 3.00 bits per heavy atom. The van der Waals surface area contributed by atoms with Gasteiger partial charge in [0.2, 0.25) is 0 Å². The van der Waals surface area contributed by atoms with Crippen molar-refractivity contribution in [2.45, 2.75) is 20.0 Å². The highest BCUT2D eigenvalue weighted by molar-refractivity contribution is 6.33. The zero-order valence-electron chi connectivity index (χ0n) is 10.2. The number of hydrogen-bond acceptors (Lipinski definition) is 3. The molecule has 0 aliphatic carbocycles. The van der Waals surface area contributed by atoms with Gasteiger partial charge in [0.25, 0.3) is 5.91 Å². The van der Waals surface area contributed by atoms with E-state index in [-0.39, 0.29) is 5.91 Å². The van der Waals surface area contributed by atoms with Gasteiger partial charge in [-0.15, -0.1) is 0 Å². The van der Waals surface area contributed by atoms with Crippen molar-refractivity contribution in [3.05, 3.63) is 34.9 Å². The van der Waals surface area contributed by atoms with Crippen LogP contribution >= 0.6 is 11.6 Å². The molecule has 2 heterocycles. The Balaban J connectivity index is 2.11. The van der Waals surface area contributed by atoms with Crippen molar-refractivity contribution in [3.63, 3.8) is 0 Å². The summed E-state index contributed by atoms with van der Waals surface area (Å²) in [5, 5.41) is 10.8. The molecular weight excluding hydrogens is 254 g/mol. The van der Waals surface area contributed by atoms with Gasteiger partial charge in [0.1, 0.15) is 5.69 Å². The molecule has 0 bridgehead atoms. The lowest BCUT2D eigenvalue weighted by molar-refractivity contribution is 0.0776. The van der Waals surface area contributed by atoms with Crippen LogP contribution in [0.2, 0.25) is 5.02 Å². The van der Waals surface area contributed by atoms with Crippen LogP contribution < -0.4 is 0 Å². The second-order valence-corrected chi connectivity index (χ2v) is 4.30. The van der Waals surface area contributed by atoms with E-state index in [2.05, 4.69) is 15.3 Å². The van der Waals surface area contributed by atoms with Crippen molar-refractivity contribution in [2.75, 3.05) is 7.05 Å². The van der Waals surface area contributed by atoms with Crippen LogP contribution in [0.15, 0.2) is 18.5 Å². The highest BCUT2D eigenvalue weighted by Gasteiger charge is 2.18. The zero-order chi connectivity index (χ0) is 13.1. The standard InChI is InChI=1S/C11H14ClN5O/c1-3-17-8(4-5-14-17)7-16(2)11(18)10-9(12)6-13-15-10/h4-6H,3,7H2,1-2H3,(H,13,15). The highest BCUT2D eigenvalue weighted by Crippen LogP contribution is 2.14. The van der Waals surface area contributed by atoms with E-state index in [0.717, 1.165) is 12.2 Å². The number of carbonyl (C=O) groups excluding carboxylic acids is 1. The minimum Gasteiger partial charge on any atom is -0.334 e. The van der Waals surface area contributed by atoms with Gasteiger partial charge in [0.15, 0.2) is 0 Å². The van der Waals surface area contributed by atoms with E-state index in [1.165, 1.54) is 6.20 Å². The van der Waals surface area contributed by atoms with Crippen LogP contribution in [0.4, 0.5) is 0 Å². The number of nitrogens with one attached hydrogen (secondary N) is 1. The number of halogens is 1. The van der Waals surface area contributed by atoms with Gasteiger partial charge >= 0.3 is 0 Å². The molecule has 6 nitrogen and oxygen atoms in total. The number of aryl methyl sites for hydroxylation is 1. The van der Waals surface area contributed by atoms with Gasteiger partial charge in [-0.05, 0) is 13.0 Å². The number of hydrogen-bond donors (Lipinski definition) is 1. The zero-order valence-corrected chi connectivity index (χ0v) is 11.0. The van der Waals surface area contributed by atoms with E-state index >= 15 is 0 Å². The molecule has 0 atom stereocenters. The molecule has 0 spiro atoms. The van der Waals surface area contributed by atoms with E-state index in [1.54, 1.807) is 18.1 Å². The topological polar surface area (TPSA) is 66.8 Å². The summed E-state index contributed by atoms with van der Waals surface area (Å²) < 4.78 is 1.85. The summed E-state index contributed by atoms with van der Waals surface area (Å²) in [5.41, 5.74) is 1.28. The SMILES string of the molecule is CCn1nccc1CN(C)C(=O)c1[nH]ncc1Cl. The Bertz CT molecular complexity index is 547. The number of amides is 1. The van der Waals surface area contributed by atoms with Crippen molar-refractivity contribution in [3.8, 4) is 0 Å². The van der Waals surface area contributed by atoms with Gasteiger partial charge in [-0.25, -0.2) is 0 Å². The lowest BCUT2D eigenvalue weighted by Crippen LogP contribution is -2.28. The number of nitrogens with zero attached hydrogens (tertiary/aromatic N) is 4. The first-order valence-electron chi connectivity index (χ1n) is 5.58. The fourth-order valence-electron chi connectivity index (χ4n) is 1.71. The maximum Gasteiger partial charge on any atom is 0.273 e. The minimum atomic E-state index is -0.193. The van der Waals surface area contributed by atoms with Gasteiger partial charge in [0.05, 0.1) is 23.5 Å². The molecule has 0 aromatic carbocycles. The average Bonchev–Trinajstić information content (AvgIpc) is 2.96. The first-order chi connectivity index (χ1) is 8.63. The van der Waals surface area contributed by atoms with Crippen molar-refractivity contribution in [2.24, 2.45) is 0 Å². The molecular formula is C11H14ClN5O. The first kappa shape index (κ1) is 12.6. The Kier molecular flexibility index (Phi) is 3.66. The van der Waals surface area contributed by atoms with Crippen LogP contribution in [0.3, 0.4) is 0 Å². The second-order valence-electron chi connectivity index (χ2n) is 3.89. The third kappa shape index (κ3) is 2.38. The predicted molar refractivity (Wildman–Crippen MR) is 67.3 cm³/mol. The van der Waals surface area contributed by atoms with Crippen LogP contribution in [0.1, 0.15) is 23.1 Å². The Labute approximate surface area is 110 Å². The maximum atomic E-state index is 12.1. The largest absolute Gasteiger partial charge is 0.334 e. The molecule has 18 heavy (non-hydrogen) atoms. The second kappa shape index (κ2) is 5.22. The lowest BCUT2D eigenvalue weighted by Gasteiger charge is -2.16. The van der Waals surface area contributed by atoms with Gasteiger partial charge in [-0.1, -0.05) is 11.6 Å². The van der Waals surface area contributed by atoms with Crippen LogP contribution in [0.25, 0.3) is 0 Å². The van der Waals surface area contributed by atoms with Gasteiger partial charge in [-0.2, -0.15) is 10.2 Å². The summed E-state index contributed by atoms with van der Waals surface area (Å²) in [5.74, 6) is -0.193. The molecule has 0 unspecified atom stereocenters. The molecule has 0 saturated heterocycles. The molecule has 96 valence electrons. The molecule has 0 aliphatic rings.